The first-order valence-electron chi connectivity index (χ1n) is 8.37. The summed E-state index contributed by atoms with van der Waals surface area (Å²) >= 11 is 0. The highest BCUT2D eigenvalue weighted by Crippen LogP contribution is 2.48. The van der Waals surface area contributed by atoms with Crippen LogP contribution < -0.4 is 0 Å². The fourth-order valence-electron chi connectivity index (χ4n) is 4.34. The number of Topliss-reactive ketones (excluding diaryl/α,β-unsaturated/α-hetero) is 1. The number of nitrogens with zero attached hydrogens (tertiary/aromatic N) is 1. The third kappa shape index (κ3) is 2.61. The van der Waals surface area contributed by atoms with Gasteiger partial charge in [0.1, 0.15) is 5.82 Å². The van der Waals surface area contributed by atoms with Crippen molar-refractivity contribution in [1.29, 1.82) is 0 Å². The van der Waals surface area contributed by atoms with Crippen molar-refractivity contribution in [1.82, 2.24) is 4.90 Å². The third-order valence-corrected chi connectivity index (χ3v) is 5.22. The number of halogens is 1. The minimum absolute atomic E-state index is 0.0477. The van der Waals surface area contributed by atoms with Gasteiger partial charge in [0.15, 0.2) is 12.1 Å². The molecule has 1 aromatic carbocycles. The van der Waals surface area contributed by atoms with E-state index in [1.54, 1.807) is 12.1 Å². The monoisotopic (exact) mass is 319 g/mol. The van der Waals surface area contributed by atoms with E-state index in [4.69, 9.17) is 9.47 Å². The van der Waals surface area contributed by atoms with Crippen LogP contribution in [0.2, 0.25) is 0 Å². The number of ether oxygens (including phenoxy) is 2. The zero-order chi connectivity index (χ0) is 16.1. The molecular weight excluding hydrogens is 297 g/mol. The Morgan fingerprint density at radius 1 is 1.35 bits per heavy atom. The maximum absolute atomic E-state index is 13.1. The third-order valence-electron chi connectivity index (χ3n) is 5.22. The van der Waals surface area contributed by atoms with Gasteiger partial charge in [0.2, 0.25) is 0 Å². The van der Waals surface area contributed by atoms with E-state index in [0.29, 0.717) is 13.0 Å². The van der Waals surface area contributed by atoms with Crippen LogP contribution in [-0.4, -0.2) is 41.3 Å². The molecule has 0 amide bonds. The molecule has 3 saturated heterocycles. The molecule has 4 nitrogen and oxygen atoms in total. The van der Waals surface area contributed by atoms with Gasteiger partial charge in [-0.15, -0.1) is 0 Å². The lowest BCUT2D eigenvalue weighted by Gasteiger charge is -2.36. The number of hydrogen-bond acceptors (Lipinski definition) is 4. The van der Waals surface area contributed by atoms with Crippen molar-refractivity contribution in [2.75, 3.05) is 0 Å². The lowest BCUT2D eigenvalue weighted by molar-refractivity contribution is -0.180. The van der Waals surface area contributed by atoms with Gasteiger partial charge < -0.3 is 9.47 Å². The number of ketones is 1. The lowest BCUT2D eigenvalue weighted by Crippen LogP contribution is -2.51. The maximum atomic E-state index is 13.1. The highest BCUT2D eigenvalue weighted by molar-refractivity contribution is 5.86. The fourth-order valence-corrected chi connectivity index (χ4v) is 4.34. The molecule has 2 bridgehead atoms. The quantitative estimate of drug-likeness (QED) is 0.855. The van der Waals surface area contributed by atoms with E-state index in [9.17, 15) is 9.18 Å². The summed E-state index contributed by atoms with van der Waals surface area (Å²) in [7, 11) is 0. The molecule has 124 valence electrons. The molecule has 5 heteroatoms. The Kier molecular flexibility index (Phi) is 3.75. The number of carbonyl (C=O) groups excluding carboxylic acids is 1. The zero-order valence-electron chi connectivity index (χ0n) is 13.4. The normalized spacial score (nSPS) is 36.2. The average Bonchev–Trinajstić information content (AvgIpc) is 2.96. The Labute approximate surface area is 135 Å². The van der Waals surface area contributed by atoms with E-state index in [-0.39, 0.29) is 48.1 Å². The second-order valence-electron chi connectivity index (χ2n) is 7.10. The lowest BCUT2D eigenvalue weighted by atomic mass is 9.96. The van der Waals surface area contributed by atoms with Crippen LogP contribution in [0.25, 0.3) is 0 Å². The molecule has 0 N–H and O–H groups in total. The van der Waals surface area contributed by atoms with Crippen molar-refractivity contribution >= 4 is 5.78 Å². The first-order chi connectivity index (χ1) is 11.0. The van der Waals surface area contributed by atoms with Crippen molar-refractivity contribution in [3.05, 3.63) is 35.6 Å². The van der Waals surface area contributed by atoms with Crippen LogP contribution in [0.5, 0.6) is 0 Å². The van der Waals surface area contributed by atoms with Crippen LogP contribution in [0.1, 0.15) is 32.3 Å². The van der Waals surface area contributed by atoms with Crippen molar-refractivity contribution in [3.8, 4) is 0 Å². The second-order valence-corrected chi connectivity index (χ2v) is 7.10. The number of fused-ring (bicyclic) bond motifs is 1. The van der Waals surface area contributed by atoms with Gasteiger partial charge >= 0.3 is 0 Å². The molecule has 4 rings (SSSR count). The molecule has 3 aliphatic rings. The predicted molar refractivity (Wildman–Crippen MR) is 82.1 cm³/mol. The summed E-state index contributed by atoms with van der Waals surface area (Å²) in [5, 5.41) is 0. The summed E-state index contributed by atoms with van der Waals surface area (Å²) in [5.74, 6) is 0.276. The first kappa shape index (κ1) is 15.2. The van der Waals surface area contributed by atoms with Crippen molar-refractivity contribution in [2.24, 2.45) is 5.92 Å². The van der Waals surface area contributed by atoms with Crippen LogP contribution in [-0.2, 0) is 20.8 Å². The van der Waals surface area contributed by atoms with Gasteiger partial charge in [0, 0.05) is 24.9 Å². The Morgan fingerprint density at radius 2 is 2.09 bits per heavy atom. The Bertz CT molecular complexity index is 603. The molecule has 5 atom stereocenters. The van der Waals surface area contributed by atoms with Crippen LogP contribution in [0.15, 0.2) is 24.3 Å². The van der Waals surface area contributed by atoms with Gasteiger partial charge in [0.05, 0.1) is 18.2 Å². The molecule has 0 spiro atoms. The second kappa shape index (κ2) is 5.65. The van der Waals surface area contributed by atoms with Gasteiger partial charge in [-0.1, -0.05) is 12.1 Å². The van der Waals surface area contributed by atoms with E-state index in [1.165, 1.54) is 12.1 Å². The minimum Gasteiger partial charge on any atom is -0.350 e. The zero-order valence-corrected chi connectivity index (χ0v) is 13.4. The number of hydrogen-bond donors (Lipinski definition) is 0. The molecule has 1 unspecified atom stereocenters. The first-order valence-corrected chi connectivity index (χ1v) is 8.37. The van der Waals surface area contributed by atoms with Crippen LogP contribution >= 0.6 is 0 Å². The summed E-state index contributed by atoms with van der Waals surface area (Å²) < 4.78 is 25.1. The minimum atomic E-state index is -0.236. The smallest absolute Gasteiger partial charge is 0.162 e. The summed E-state index contributed by atoms with van der Waals surface area (Å²) in [6, 6.07) is 6.70. The largest absolute Gasteiger partial charge is 0.350 e. The van der Waals surface area contributed by atoms with E-state index in [1.807, 2.05) is 13.8 Å². The highest BCUT2D eigenvalue weighted by Gasteiger charge is 2.60. The van der Waals surface area contributed by atoms with E-state index in [0.717, 1.165) is 12.0 Å². The van der Waals surface area contributed by atoms with Gasteiger partial charge in [-0.3, -0.25) is 9.69 Å². The molecule has 1 aromatic rings. The van der Waals surface area contributed by atoms with Crippen LogP contribution in [0.3, 0.4) is 0 Å². The molecule has 3 aliphatic heterocycles. The Hall–Kier alpha value is -1.30. The number of carbonyl (C=O) groups is 1. The van der Waals surface area contributed by atoms with Gasteiger partial charge in [0.25, 0.3) is 0 Å². The molecule has 0 aliphatic carbocycles. The molecular formula is C18H22FNO3. The number of piperidine rings is 1. The summed E-state index contributed by atoms with van der Waals surface area (Å²) in [5.41, 5.74) is 1.03. The SMILES string of the molecule is CC(C)O[C@H]1OC2CC(=O)[C@@H]3C[C@H]1[C@H]2N3Cc1ccc(F)cc1. The van der Waals surface area contributed by atoms with Crippen LogP contribution in [0.4, 0.5) is 4.39 Å². The molecule has 0 aromatic heterocycles. The van der Waals surface area contributed by atoms with E-state index >= 15 is 0 Å². The van der Waals surface area contributed by atoms with E-state index < -0.39 is 0 Å². The molecule has 23 heavy (non-hydrogen) atoms. The van der Waals surface area contributed by atoms with Crippen molar-refractivity contribution in [3.63, 3.8) is 0 Å². The van der Waals surface area contributed by atoms with Crippen LogP contribution in [0, 0.1) is 11.7 Å². The molecule has 0 saturated carbocycles. The predicted octanol–water partition coefficient (Wildman–Crippen LogP) is 2.51. The van der Waals surface area contributed by atoms with Crippen molar-refractivity contribution < 1.29 is 18.7 Å². The Morgan fingerprint density at radius 3 is 2.78 bits per heavy atom. The summed E-state index contributed by atoms with van der Waals surface area (Å²) in [4.78, 5) is 14.7. The molecule has 3 fully saturated rings. The van der Waals surface area contributed by atoms with Gasteiger partial charge in [-0.05, 0) is 38.0 Å². The highest BCUT2D eigenvalue weighted by atomic mass is 19.1. The Balaban J connectivity index is 1.57. The fraction of sp³-hybridized carbons (Fsp3) is 0.611. The van der Waals surface area contributed by atoms with Gasteiger partial charge in [-0.2, -0.15) is 0 Å². The number of rotatable bonds is 4. The molecule has 0 radical (unpaired) electrons. The molecule has 3 heterocycles. The topological polar surface area (TPSA) is 38.8 Å². The standard InChI is InChI=1S/C18H22FNO3/c1-10(2)22-18-13-7-14-15(21)8-16(23-18)17(13)20(14)9-11-3-5-12(19)6-4-11/h3-6,10,13-14,16-18H,7-9H2,1-2H3/t13-,14-,16?,17+,18-/m0/s1. The van der Waals surface area contributed by atoms with Crippen molar-refractivity contribution in [2.45, 2.75) is 63.8 Å². The van der Waals surface area contributed by atoms with E-state index in [2.05, 4.69) is 4.90 Å². The average molecular weight is 319 g/mol. The summed E-state index contributed by atoms with van der Waals surface area (Å²) in [6.07, 6.45) is 1.12. The summed E-state index contributed by atoms with van der Waals surface area (Å²) in [6.45, 7) is 4.67. The maximum Gasteiger partial charge on any atom is 0.162 e. The number of benzene rings is 1. The van der Waals surface area contributed by atoms with Gasteiger partial charge in [-0.25, -0.2) is 4.39 Å².